The topological polar surface area (TPSA) is 64.3 Å². The van der Waals surface area contributed by atoms with E-state index >= 15 is 0 Å². The summed E-state index contributed by atoms with van der Waals surface area (Å²) in [4.78, 5) is 0. The smallest absolute Gasteiger partial charge is 0.184 e. The van der Waals surface area contributed by atoms with Gasteiger partial charge < -0.3 is 10.1 Å². The van der Waals surface area contributed by atoms with Gasteiger partial charge in [-0.3, -0.25) is 0 Å². The minimum atomic E-state index is 0.609. The standard InChI is InChI=1S/C19H17N5O/c1-25-18-9-5-8-17(11-18)20-12-15-10-16(14-6-3-2-4-7-14)13-24-19(15)21-22-23-24/h2-11,13,20H,12H2,1H3. The Balaban J connectivity index is 1.67. The van der Waals surface area contributed by atoms with Crippen LogP contribution in [0.25, 0.3) is 16.8 Å². The van der Waals surface area contributed by atoms with E-state index in [2.05, 4.69) is 39.0 Å². The summed E-state index contributed by atoms with van der Waals surface area (Å²) < 4.78 is 6.98. The number of hydrogen-bond donors (Lipinski definition) is 1. The molecule has 0 amide bonds. The van der Waals surface area contributed by atoms with Crippen LogP contribution in [0.3, 0.4) is 0 Å². The summed E-state index contributed by atoms with van der Waals surface area (Å²) in [5.74, 6) is 0.817. The van der Waals surface area contributed by atoms with Crippen LogP contribution in [-0.2, 0) is 6.54 Å². The van der Waals surface area contributed by atoms with Crippen molar-refractivity contribution in [3.8, 4) is 16.9 Å². The zero-order valence-corrected chi connectivity index (χ0v) is 13.8. The maximum atomic E-state index is 5.27. The van der Waals surface area contributed by atoms with E-state index in [1.807, 2.05) is 48.7 Å². The molecule has 6 heteroatoms. The molecule has 0 unspecified atom stereocenters. The lowest BCUT2D eigenvalue weighted by Gasteiger charge is -2.10. The monoisotopic (exact) mass is 331 g/mol. The molecule has 0 fully saturated rings. The first kappa shape index (κ1) is 15.1. The van der Waals surface area contributed by atoms with Crippen LogP contribution in [0.15, 0.2) is 66.9 Å². The van der Waals surface area contributed by atoms with E-state index in [0.717, 1.165) is 33.8 Å². The Bertz CT molecular complexity index is 997. The van der Waals surface area contributed by atoms with Crippen LogP contribution in [0, 0.1) is 0 Å². The summed E-state index contributed by atoms with van der Waals surface area (Å²) >= 11 is 0. The molecular weight excluding hydrogens is 314 g/mol. The fourth-order valence-electron chi connectivity index (χ4n) is 2.76. The Kier molecular flexibility index (Phi) is 4.00. The molecule has 2 heterocycles. The van der Waals surface area contributed by atoms with Crippen LogP contribution in [-0.4, -0.2) is 27.2 Å². The second kappa shape index (κ2) is 6.60. The first-order valence-electron chi connectivity index (χ1n) is 7.97. The molecule has 0 aliphatic rings. The number of hydrogen-bond acceptors (Lipinski definition) is 5. The number of aromatic nitrogens is 4. The number of fused-ring (bicyclic) bond motifs is 1. The number of methoxy groups -OCH3 is 1. The highest BCUT2D eigenvalue weighted by Crippen LogP contribution is 2.23. The molecule has 0 saturated carbocycles. The molecule has 4 aromatic rings. The molecule has 0 aliphatic heterocycles. The Morgan fingerprint density at radius 1 is 1.00 bits per heavy atom. The number of ether oxygens (including phenoxy) is 1. The quantitative estimate of drug-likeness (QED) is 0.607. The number of nitrogens with one attached hydrogen (secondary N) is 1. The van der Waals surface area contributed by atoms with Gasteiger partial charge in [0.05, 0.1) is 7.11 Å². The van der Waals surface area contributed by atoms with Gasteiger partial charge in [-0.25, -0.2) is 0 Å². The lowest BCUT2D eigenvalue weighted by Crippen LogP contribution is -2.03. The third-order valence-corrected chi connectivity index (χ3v) is 4.03. The van der Waals surface area contributed by atoms with E-state index < -0.39 is 0 Å². The van der Waals surface area contributed by atoms with Crippen molar-refractivity contribution in [3.05, 3.63) is 72.4 Å². The molecule has 0 spiro atoms. The molecule has 2 aromatic carbocycles. The van der Waals surface area contributed by atoms with Crippen molar-refractivity contribution in [2.45, 2.75) is 6.54 Å². The van der Waals surface area contributed by atoms with Gasteiger partial charge in [-0.2, -0.15) is 4.52 Å². The van der Waals surface area contributed by atoms with E-state index in [0.29, 0.717) is 6.54 Å². The van der Waals surface area contributed by atoms with Gasteiger partial charge in [0.15, 0.2) is 5.65 Å². The molecule has 0 saturated heterocycles. The van der Waals surface area contributed by atoms with Crippen molar-refractivity contribution < 1.29 is 4.74 Å². The van der Waals surface area contributed by atoms with E-state index in [9.17, 15) is 0 Å². The van der Waals surface area contributed by atoms with Crippen LogP contribution in [0.1, 0.15) is 5.56 Å². The van der Waals surface area contributed by atoms with E-state index in [1.54, 1.807) is 11.6 Å². The third-order valence-electron chi connectivity index (χ3n) is 4.03. The van der Waals surface area contributed by atoms with Crippen molar-refractivity contribution in [1.29, 1.82) is 0 Å². The molecule has 1 N–H and O–H groups in total. The average Bonchev–Trinajstić information content (AvgIpc) is 3.15. The van der Waals surface area contributed by atoms with Gasteiger partial charge in [-0.05, 0) is 34.2 Å². The lowest BCUT2D eigenvalue weighted by atomic mass is 10.1. The summed E-state index contributed by atoms with van der Waals surface area (Å²) in [6.45, 7) is 0.609. The zero-order valence-electron chi connectivity index (χ0n) is 13.8. The first-order valence-corrected chi connectivity index (χ1v) is 7.97. The van der Waals surface area contributed by atoms with Gasteiger partial charge in [0.25, 0.3) is 0 Å². The van der Waals surface area contributed by atoms with Crippen molar-refractivity contribution in [3.63, 3.8) is 0 Å². The van der Waals surface area contributed by atoms with Gasteiger partial charge in [-0.1, -0.05) is 36.4 Å². The van der Waals surface area contributed by atoms with Gasteiger partial charge in [0, 0.05) is 35.6 Å². The van der Waals surface area contributed by atoms with Crippen molar-refractivity contribution in [2.24, 2.45) is 0 Å². The van der Waals surface area contributed by atoms with Gasteiger partial charge >= 0.3 is 0 Å². The lowest BCUT2D eigenvalue weighted by molar-refractivity contribution is 0.415. The maximum absolute atomic E-state index is 5.27. The summed E-state index contributed by atoms with van der Waals surface area (Å²) in [6.07, 6.45) is 1.94. The maximum Gasteiger partial charge on any atom is 0.184 e. The molecule has 4 rings (SSSR count). The molecule has 6 nitrogen and oxygen atoms in total. The fraction of sp³-hybridized carbons (Fsp3) is 0.105. The Hall–Kier alpha value is -3.41. The third kappa shape index (κ3) is 3.14. The number of rotatable bonds is 5. The average molecular weight is 331 g/mol. The minimum Gasteiger partial charge on any atom is -0.497 e. The fourth-order valence-corrected chi connectivity index (χ4v) is 2.76. The predicted molar refractivity (Wildman–Crippen MR) is 96.5 cm³/mol. The zero-order chi connectivity index (χ0) is 17.1. The summed E-state index contributed by atoms with van der Waals surface area (Å²) in [7, 11) is 1.66. The van der Waals surface area contributed by atoms with Crippen molar-refractivity contribution in [2.75, 3.05) is 12.4 Å². The van der Waals surface area contributed by atoms with Crippen LogP contribution < -0.4 is 10.1 Å². The van der Waals surface area contributed by atoms with Crippen molar-refractivity contribution >= 4 is 11.3 Å². The number of nitrogens with zero attached hydrogens (tertiary/aromatic N) is 4. The SMILES string of the molecule is COc1cccc(NCc2cc(-c3ccccc3)cn3nnnc23)c1. The number of tetrazole rings is 1. The molecule has 0 radical (unpaired) electrons. The van der Waals surface area contributed by atoms with Gasteiger partial charge in [0.2, 0.25) is 0 Å². The van der Waals surface area contributed by atoms with Crippen LogP contribution in [0.4, 0.5) is 5.69 Å². The number of anilines is 1. The van der Waals surface area contributed by atoms with Crippen molar-refractivity contribution in [1.82, 2.24) is 20.0 Å². The molecule has 0 aliphatic carbocycles. The normalized spacial score (nSPS) is 10.8. The summed E-state index contributed by atoms with van der Waals surface area (Å²) in [5, 5.41) is 15.4. The molecule has 124 valence electrons. The molecule has 0 bridgehead atoms. The highest BCUT2D eigenvalue weighted by atomic mass is 16.5. The Morgan fingerprint density at radius 3 is 2.72 bits per heavy atom. The molecule has 25 heavy (non-hydrogen) atoms. The Labute approximate surface area is 145 Å². The van der Waals surface area contributed by atoms with Crippen LogP contribution >= 0.6 is 0 Å². The Morgan fingerprint density at radius 2 is 1.88 bits per heavy atom. The molecular formula is C19H17N5O. The summed E-state index contributed by atoms with van der Waals surface area (Å²) in [5.41, 5.74) is 4.95. The number of benzene rings is 2. The van der Waals surface area contributed by atoms with E-state index in [1.165, 1.54) is 0 Å². The highest BCUT2D eigenvalue weighted by Gasteiger charge is 2.09. The van der Waals surface area contributed by atoms with E-state index in [4.69, 9.17) is 4.74 Å². The van der Waals surface area contributed by atoms with Crippen LogP contribution in [0.5, 0.6) is 5.75 Å². The number of pyridine rings is 1. The predicted octanol–water partition coefficient (Wildman–Crippen LogP) is 3.41. The minimum absolute atomic E-state index is 0.609. The second-order valence-corrected chi connectivity index (χ2v) is 5.65. The second-order valence-electron chi connectivity index (χ2n) is 5.65. The van der Waals surface area contributed by atoms with Gasteiger partial charge in [0.1, 0.15) is 5.75 Å². The molecule has 0 atom stereocenters. The molecule has 2 aromatic heterocycles. The highest BCUT2D eigenvalue weighted by molar-refractivity contribution is 5.67. The van der Waals surface area contributed by atoms with Crippen LogP contribution in [0.2, 0.25) is 0 Å². The first-order chi connectivity index (χ1) is 12.3. The summed E-state index contributed by atoms with van der Waals surface area (Å²) in [6, 6.07) is 20.1. The van der Waals surface area contributed by atoms with E-state index in [-0.39, 0.29) is 0 Å². The van der Waals surface area contributed by atoms with Gasteiger partial charge in [-0.15, -0.1) is 5.10 Å². The largest absolute Gasteiger partial charge is 0.497 e.